The first-order chi connectivity index (χ1) is 12.1. The summed E-state index contributed by atoms with van der Waals surface area (Å²) in [7, 11) is 1.90. The molecule has 2 aliphatic rings. The van der Waals surface area contributed by atoms with E-state index in [0.29, 0.717) is 0 Å². The smallest absolute Gasteiger partial charge is 0.238 e. The van der Waals surface area contributed by atoms with Crippen LogP contribution in [0.5, 0.6) is 0 Å². The minimum absolute atomic E-state index is 0.243. The number of para-hydroxylation sites is 1. The second kappa shape index (κ2) is 6.26. The minimum atomic E-state index is -0.382. The highest BCUT2D eigenvalue weighted by atomic mass is 16.2. The number of carbonyl (C=O) groups excluding carboxylic acids is 1. The van der Waals surface area contributed by atoms with E-state index in [9.17, 15) is 4.79 Å². The highest BCUT2D eigenvalue weighted by Gasteiger charge is 2.51. The van der Waals surface area contributed by atoms with Crippen LogP contribution in [0, 0.1) is 0 Å². The zero-order valence-corrected chi connectivity index (χ0v) is 15.0. The van der Waals surface area contributed by atoms with Crippen LogP contribution in [0.3, 0.4) is 0 Å². The Hall–Kier alpha value is -2.20. The number of hydrogen-bond acceptors (Lipinski definition) is 3. The normalized spacial score (nSPS) is 23.3. The molecule has 1 saturated heterocycles. The molecule has 1 amide bonds. The van der Waals surface area contributed by atoms with E-state index in [-0.39, 0.29) is 11.3 Å². The molecular formula is C21H25N3O. The predicted octanol–water partition coefficient (Wildman–Crippen LogP) is 3.15. The van der Waals surface area contributed by atoms with E-state index in [1.807, 2.05) is 24.2 Å². The lowest BCUT2D eigenvalue weighted by atomic mass is 9.75. The molecule has 4 rings (SSSR count). The van der Waals surface area contributed by atoms with E-state index in [2.05, 4.69) is 47.1 Å². The third-order valence-electron chi connectivity index (χ3n) is 5.75. The Morgan fingerprint density at radius 3 is 2.80 bits per heavy atom. The van der Waals surface area contributed by atoms with Crippen molar-refractivity contribution in [2.45, 2.75) is 38.1 Å². The van der Waals surface area contributed by atoms with Gasteiger partial charge in [0.1, 0.15) is 0 Å². The monoisotopic (exact) mass is 335 g/mol. The quantitative estimate of drug-likeness (QED) is 0.864. The second-order valence-electron chi connectivity index (χ2n) is 7.29. The van der Waals surface area contributed by atoms with Crippen molar-refractivity contribution in [3.8, 4) is 0 Å². The van der Waals surface area contributed by atoms with Crippen molar-refractivity contribution in [3.05, 3.63) is 59.4 Å². The largest absolute Gasteiger partial charge is 0.314 e. The fraction of sp³-hybridized carbons (Fsp3) is 0.429. The lowest BCUT2D eigenvalue weighted by Gasteiger charge is -2.39. The molecule has 1 fully saturated rings. The topological polar surface area (TPSA) is 36.4 Å². The maximum atomic E-state index is 13.1. The first-order valence-electron chi connectivity index (χ1n) is 9.18. The average Bonchev–Trinajstić information content (AvgIpc) is 2.85. The van der Waals surface area contributed by atoms with Gasteiger partial charge in [-0.05, 0) is 49.1 Å². The number of nitrogens with zero attached hydrogens (tertiary/aromatic N) is 3. The molecule has 0 N–H and O–H groups in total. The number of anilines is 1. The summed E-state index contributed by atoms with van der Waals surface area (Å²) >= 11 is 0. The number of hydrogen-bond donors (Lipinski definition) is 0. The fourth-order valence-electron chi connectivity index (χ4n) is 4.38. The molecule has 1 aromatic carbocycles. The highest BCUT2D eigenvalue weighted by molar-refractivity contribution is 6.08. The summed E-state index contributed by atoms with van der Waals surface area (Å²) in [6.45, 7) is 4.76. The summed E-state index contributed by atoms with van der Waals surface area (Å²) in [5, 5.41) is 0. The summed E-state index contributed by atoms with van der Waals surface area (Å²) in [5.41, 5.74) is 4.23. The number of aryl methyl sites for hydroxylation is 1. The molecule has 0 bridgehead atoms. The number of likely N-dealkylation sites (tertiary alicyclic amines) is 1. The number of amides is 1. The van der Waals surface area contributed by atoms with Crippen molar-refractivity contribution < 1.29 is 4.79 Å². The van der Waals surface area contributed by atoms with E-state index in [1.54, 1.807) is 0 Å². The Kier molecular flexibility index (Phi) is 4.08. The molecule has 4 nitrogen and oxygen atoms in total. The number of carbonyl (C=O) groups is 1. The molecule has 25 heavy (non-hydrogen) atoms. The van der Waals surface area contributed by atoms with Crippen LogP contribution in [-0.4, -0.2) is 35.9 Å². The second-order valence-corrected chi connectivity index (χ2v) is 7.29. The molecule has 0 saturated carbocycles. The zero-order valence-electron chi connectivity index (χ0n) is 15.0. The van der Waals surface area contributed by atoms with Gasteiger partial charge in [-0.15, -0.1) is 0 Å². The average molecular weight is 335 g/mol. The molecule has 4 heteroatoms. The molecule has 0 radical (unpaired) electrons. The summed E-state index contributed by atoms with van der Waals surface area (Å²) in [6.07, 6.45) is 4.96. The van der Waals surface area contributed by atoms with Crippen molar-refractivity contribution in [1.29, 1.82) is 0 Å². The van der Waals surface area contributed by atoms with Crippen LogP contribution >= 0.6 is 0 Å². The Bertz CT molecular complexity index is 786. The van der Waals surface area contributed by atoms with Gasteiger partial charge >= 0.3 is 0 Å². The number of piperidine rings is 1. The summed E-state index contributed by atoms with van der Waals surface area (Å²) in [6, 6.07) is 12.5. The summed E-state index contributed by atoms with van der Waals surface area (Å²) in [5.74, 6) is 0.243. The number of pyridine rings is 1. The number of aromatic nitrogens is 1. The van der Waals surface area contributed by atoms with Gasteiger partial charge in [-0.2, -0.15) is 0 Å². The number of likely N-dealkylation sites (N-methyl/N-ethyl adjacent to an activating group) is 1. The van der Waals surface area contributed by atoms with Crippen molar-refractivity contribution in [2.75, 3.05) is 25.0 Å². The molecular weight excluding hydrogens is 310 g/mol. The van der Waals surface area contributed by atoms with Gasteiger partial charge in [0.15, 0.2) is 0 Å². The first-order valence-corrected chi connectivity index (χ1v) is 9.18. The van der Waals surface area contributed by atoms with Gasteiger partial charge in [0.25, 0.3) is 0 Å². The van der Waals surface area contributed by atoms with Crippen molar-refractivity contribution in [1.82, 2.24) is 9.88 Å². The molecule has 2 aliphatic heterocycles. The molecule has 130 valence electrons. The minimum Gasteiger partial charge on any atom is -0.314 e. The Labute approximate surface area is 149 Å². The van der Waals surface area contributed by atoms with E-state index in [1.165, 1.54) is 11.1 Å². The molecule has 0 unspecified atom stereocenters. The van der Waals surface area contributed by atoms with Gasteiger partial charge in [0, 0.05) is 32.0 Å². The molecule has 3 heterocycles. The molecule has 1 aromatic heterocycles. The van der Waals surface area contributed by atoms with Crippen molar-refractivity contribution in [2.24, 2.45) is 0 Å². The highest BCUT2D eigenvalue weighted by Crippen LogP contribution is 2.46. The number of fused-ring (bicyclic) bond motifs is 2. The standard InChI is InChI=1S/C21H25N3O/c1-3-16-9-10-17(22-13-16)14-24-12-6-11-21(15-24)18-7-4-5-8-19(18)23(2)20(21)25/h4-5,7-10,13H,3,6,11-12,14-15H2,1-2H3/t21-/m1/s1. The van der Waals surface area contributed by atoms with Crippen molar-refractivity contribution in [3.63, 3.8) is 0 Å². The van der Waals surface area contributed by atoms with Crippen molar-refractivity contribution >= 4 is 11.6 Å². The van der Waals surface area contributed by atoms with E-state index in [4.69, 9.17) is 0 Å². The van der Waals surface area contributed by atoms with Crippen LogP contribution in [0.2, 0.25) is 0 Å². The van der Waals surface area contributed by atoms with E-state index in [0.717, 1.165) is 50.3 Å². The van der Waals surface area contributed by atoms with Gasteiger partial charge in [-0.1, -0.05) is 31.2 Å². The third kappa shape index (κ3) is 2.65. The van der Waals surface area contributed by atoms with Gasteiger partial charge in [-0.25, -0.2) is 0 Å². The van der Waals surface area contributed by atoms with E-state index < -0.39 is 0 Å². The molecule has 2 aromatic rings. The Morgan fingerprint density at radius 1 is 1.20 bits per heavy atom. The van der Waals surface area contributed by atoms with Crippen LogP contribution in [0.1, 0.15) is 36.6 Å². The predicted molar refractivity (Wildman–Crippen MR) is 99.7 cm³/mol. The zero-order chi connectivity index (χ0) is 17.4. The van der Waals surface area contributed by atoms with E-state index >= 15 is 0 Å². The van der Waals surface area contributed by atoms with Gasteiger partial charge in [0.05, 0.1) is 11.1 Å². The maximum Gasteiger partial charge on any atom is 0.238 e. The summed E-state index contributed by atoms with van der Waals surface area (Å²) in [4.78, 5) is 21.9. The Morgan fingerprint density at radius 2 is 2.04 bits per heavy atom. The summed E-state index contributed by atoms with van der Waals surface area (Å²) < 4.78 is 0. The number of benzene rings is 1. The lowest BCUT2D eigenvalue weighted by Crippen LogP contribution is -2.51. The Balaban J connectivity index is 1.59. The fourth-order valence-corrected chi connectivity index (χ4v) is 4.38. The van der Waals surface area contributed by atoms with Crippen LogP contribution < -0.4 is 4.90 Å². The van der Waals surface area contributed by atoms with Crippen LogP contribution in [-0.2, 0) is 23.2 Å². The first kappa shape index (κ1) is 16.3. The third-order valence-corrected chi connectivity index (χ3v) is 5.75. The van der Waals surface area contributed by atoms with Crippen LogP contribution in [0.25, 0.3) is 0 Å². The van der Waals surface area contributed by atoms with Crippen LogP contribution in [0.15, 0.2) is 42.6 Å². The van der Waals surface area contributed by atoms with Gasteiger partial charge in [0.2, 0.25) is 5.91 Å². The van der Waals surface area contributed by atoms with Crippen LogP contribution in [0.4, 0.5) is 5.69 Å². The molecule has 1 atom stereocenters. The SMILES string of the molecule is CCc1ccc(CN2CCC[C@]3(C2)C(=O)N(C)c2ccccc23)nc1. The molecule has 1 spiro atoms. The van der Waals surface area contributed by atoms with Gasteiger partial charge < -0.3 is 4.90 Å². The maximum absolute atomic E-state index is 13.1. The molecule has 0 aliphatic carbocycles. The lowest BCUT2D eigenvalue weighted by molar-refractivity contribution is -0.125. The van der Waals surface area contributed by atoms with Gasteiger partial charge in [-0.3, -0.25) is 14.7 Å². The number of rotatable bonds is 3.